The third-order valence-electron chi connectivity index (χ3n) is 4.37. The van der Waals surface area contributed by atoms with Gasteiger partial charge in [0.15, 0.2) is 17.3 Å². The van der Waals surface area contributed by atoms with Crippen LogP contribution in [0, 0.1) is 0 Å². The van der Waals surface area contributed by atoms with Crippen molar-refractivity contribution < 1.29 is 14.0 Å². The number of rotatable bonds is 7. The van der Waals surface area contributed by atoms with Gasteiger partial charge in [0.25, 0.3) is 5.89 Å². The van der Waals surface area contributed by atoms with E-state index < -0.39 is 5.54 Å². The van der Waals surface area contributed by atoms with E-state index in [2.05, 4.69) is 10.1 Å². The molecular weight excluding hydrogens is 377 g/mol. The largest absolute Gasteiger partial charge is 0.490 e. The van der Waals surface area contributed by atoms with Gasteiger partial charge in [-0.2, -0.15) is 4.98 Å². The van der Waals surface area contributed by atoms with E-state index in [1.165, 1.54) is 0 Å². The maximum atomic E-state index is 6.40. The summed E-state index contributed by atoms with van der Waals surface area (Å²) < 4.78 is 16.8. The Kier molecular flexibility index (Phi) is 7.15. The molecule has 1 saturated carbocycles. The van der Waals surface area contributed by atoms with Crippen LogP contribution in [0.1, 0.15) is 51.8 Å². The highest BCUT2D eigenvalue weighted by atomic mass is 35.5. The average molecular weight is 402 g/mol. The van der Waals surface area contributed by atoms with Crippen LogP contribution in [0.3, 0.4) is 0 Å². The highest BCUT2D eigenvalue weighted by molar-refractivity contribution is 6.32. The van der Waals surface area contributed by atoms with Gasteiger partial charge >= 0.3 is 0 Å². The molecule has 1 aromatic carbocycles. The molecule has 0 spiro atoms. The van der Waals surface area contributed by atoms with Crippen LogP contribution < -0.4 is 15.2 Å². The van der Waals surface area contributed by atoms with Crippen LogP contribution in [0.2, 0.25) is 5.02 Å². The van der Waals surface area contributed by atoms with Gasteiger partial charge in [0.05, 0.1) is 23.8 Å². The number of nitrogens with zero attached hydrogens (tertiary/aromatic N) is 2. The highest BCUT2D eigenvalue weighted by Crippen LogP contribution is 2.40. The quantitative estimate of drug-likeness (QED) is 0.721. The number of aromatic nitrogens is 2. The molecule has 3 rings (SSSR count). The second kappa shape index (κ2) is 8.93. The van der Waals surface area contributed by atoms with E-state index in [-0.39, 0.29) is 12.4 Å². The topological polar surface area (TPSA) is 83.4 Å². The molecule has 1 fully saturated rings. The molecule has 26 heavy (non-hydrogen) atoms. The number of hydrogen-bond donors (Lipinski definition) is 1. The Morgan fingerprint density at radius 1 is 1.23 bits per heavy atom. The molecule has 1 aliphatic carbocycles. The first-order valence-corrected chi connectivity index (χ1v) is 9.17. The first-order valence-electron chi connectivity index (χ1n) is 8.80. The molecule has 1 heterocycles. The van der Waals surface area contributed by atoms with Crippen molar-refractivity contribution in [3.8, 4) is 23.0 Å². The standard InChI is InChI=1S/C18H24ClN3O3.ClH/c1-3-9-24-15-13(19)10-12(11-14(15)23-4-2)16-21-17(22-25-16)18(20)7-5-6-8-18;/h10-11H,3-9,20H2,1-2H3;1H. The molecular formula is C18H25Cl2N3O3. The van der Waals surface area contributed by atoms with Crippen LogP contribution in [-0.2, 0) is 5.54 Å². The van der Waals surface area contributed by atoms with Crippen LogP contribution in [0.25, 0.3) is 11.5 Å². The molecule has 1 aliphatic rings. The zero-order valence-electron chi connectivity index (χ0n) is 15.1. The van der Waals surface area contributed by atoms with Crippen molar-refractivity contribution in [3.05, 3.63) is 23.0 Å². The van der Waals surface area contributed by atoms with Gasteiger partial charge in [-0.1, -0.05) is 36.5 Å². The molecule has 0 amide bonds. The van der Waals surface area contributed by atoms with Gasteiger partial charge < -0.3 is 19.7 Å². The van der Waals surface area contributed by atoms with Crippen LogP contribution in [-0.4, -0.2) is 23.4 Å². The fraction of sp³-hybridized carbons (Fsp3) is 0.556. The lowest BCUT2D eigenvalue weighted by atomic mass is 9.99. The lowest BCUT2D eigenvalue weighted by Crippen LogP contribution is -2.34. The molecule has 2 aromatic rings. The second-order valence-corrected chi connectivity index (χ2v) is 6.76. The van der Waals surface area contributed by atoms with Crippen LogP contribution >= 0.6 is 24.0 Å². The highest BCUT2D eigenvalue weighted by Gasteiger charge is 2.36. The Bertz CT molecular complexity index is 730. The minimum absolute atomic E-state index is 0. The Labute approximate surface area is 164 Å². The SMILES string of the molecule is CCCOc1c(Cl)cc(-c2nc(C3(N)CCCC3)no2)cc1OCC.Cl. The smallest absolute Gasteiger partial charge is 0.258 e. The normalized spacial score (nSPS) is 15.5. The molecule has 0 radical (unpaired) electrons. The molecule has 6 nitrogen and oxygen atoms in total. The summed E-state index contributed by atoms with van der Waals surface area (Å²) in [6, 6.07) is 3.57. The summed E-state index contributed by atoms with van der Waals surface area (Å²) in [5.74, 6) is 2.05. The van der Waals surface area contributed by atoms with Gasteiger partial charge in [-0.3, -0.25) is 0 Å². The van der Waals surface area contributed by atoms with Gasteiger partial charge in [0.2, 0.25) is 0 Å². The summed E-state index contributed by atoms with van der Waals surface area (Å²) in [5, 5.41) is 4.55. The van der Waals surface area contributed by atoms with Gasteiger partial charge in [0.1, 0.15) is 0 Å². The van der Waals surface area contributed by atoms with E-state index in [1.807, 2.05) is 19.9 Å². The summed E-state index contributed by atoms with van der Waals surface area (Å²) in [7, 11) is 0. The van der Waals surface area contributed by atoms with E-state index in [9.17, 15) is 0 Å². The molecule has 2 N–H and O–H groups in total. The molecule has 0 atom stereocenters. The summed E-state index contributed by atoms with van der Waals surface area (Å²) in [6.07, 6.45) is 4.81. The molecule has 8 heteroatoms. The Balaban J connectivity index is 0.00000243. The van der Waals surface area contributed by atoms with Crippen molar-refractivity contribution in [3.63, 3.8) is 0 Å². The van der Waals surface area contributed by atoms with Gasteiger partial charge in [-0.25, -0.2) is 0 Å². The summed E-state index contributed by atoms with van der Waals surface area (Å²) in [6.45, 7) is 5.02. The fourth-order valence-corrected chi connectivity index (χ4v) is 3.34. The molecule has 0 unspecified atom stereocenters. The number of ether oxygens (including phenoxy) is 2. The third kappa shape index (κ3) is 4.24. The van der Waals surface area contributed by atoms with Crippen molar-refractivity contribution in [2.75, 3.05) is 13.2 Å². The van der Waals surface area contributed by atoms with E-state index in [4.69, 9.17) is 31.3 Å². The van der Waals surface area contributed by atoms with Gasteiger partial charge in [-0.05, 0) is 38.3 Å². The van der Waals surface area contributed by atoms with Crippen molar-refractivity contribution in [2.24, 2.45) is 5.73 Å². The third-order valence-corrected chi connectivity index (χ3v) is 4.65. The van der Waals surface area contributed by atoms with E-state index in [0.29, 0.717) is 47.0 Å². The predicted molar refractivity (Wildman–Crippen MR) is 103 cm³/mol. The predicted octanol–water partition coefficient (Wildman–Crippen LogP) is 4.73. The molecule has 144 valence electrons. The van der Waals surface area contributed by atoms with Crippen LogP contribution in [0.15, 0.2) is 16.7 Å². The maximum absolute atomic E-state index is 6.40. The second-order valence-electron chi connectivity index (χ2n) is 6.35. The minimum atomic E-state index is -0.488. The first kappa shape index (κ1) is 20.8. The summed E-state index contributed by atoms with van der Waals surface area (Å²) in [5.41, 5.74) is 6.61. The first-order chi connectivity index (χ1) is 12.1. The fourth-order valence-electron chi connectivity index (χ4n) is 3.07. The summed E-state index contributed by atoms with van der Waals surface area (Å²) >= 11 is 6.40. The van der Waals surface area contributed by atoms with E-state index >= 15 is 0 Å². The monoisotopic (exact) mass is 401 g/mol. The lowest BCUT2D eigenvalue weighted by Gasteiger charge is -2.17. The Morgan fingerprint density at radius 3 is 2.62 bits per heavy atom. The number of nitrogens with two attached hydrogens (primary N) is 1. The molecule has 1 aromatic heterocycles. The van der Waals surface area contributed by atoms with Crippen molar-refractivity contribution in [1.29, 1.82) is 0 Å². The summed E-state index contributed by atoms with van der Waals surface area (Å²) in [4.78, 5) is 4.51. The zero-order chi connectivity index (χ0) is 17.9. The molecule has 0 saturated heterocycles. The van der Waals surface area contributed by atoms with Gasteiger partial charge in [0, 0.05) is 5.56 Å². The maximum Gasteiger partial charge on any atom is 0.258 e. The number of benzene rings is 1. The van der Waals surface area contributed by atoms with E-state index in [0.717, 1.165) is 32.1 Å². The Hall–Kier alpha value is -1.50. The van der Waals surface area contributed by atoms with Crippen LogP contribution in [0.4, 0.5) is 0 Å². The van der Waals surface area contributed by atoms with Crippen LogP contribution in [0.5, 0.6) is 11.5 Å². The average Bonchev–Trinajstić information content (AvgIpc) is 3.24. The van der Waals surface area contributed by atoms with E-state index in [1.54, 1.807) is 6.07 Å². The number of hydrogen-bond acceptors (Lipinski definition) is 6. The van der Waals surface area contributed by atoms with Gasteiger partial charge in [-0.15, -0.1) is 12.4 Å². The zero-order valence-corrected chi connectivity index (χ0v) is 16.7. The molecule has 0 bridgehead atoms. The van der Waals surface area contributed by atoms with Crippen molar-refractivity contribution in [1.82, 2.24) is 10.1 Å². The number of halogens is 2. The minimum Gasteiger partial charge on any atom is -0.490 e. The van der Waals surface area contributed by atoms with Crippen molar-refractivity contribution in [2.45, 2.75) is 51.5 Å². The molecule has 0 aliphatic heterocycles. The Morgan fingerprint density at radius 2 is 1.96 bits per heavy atom. The van der Waals surface area contributed by atoms with Crippen molar-refractivity contribution >= 4 is 24.0 Å². The lowest BCUT2D eigenvalue weighted by molar-refractivity contribution is 0.277.